The highest BCUT2D eigenvalue weighted by Gasteiger charge is 2.35. The Labute approximate surface area is 156 Å². The number of aliphatic hydroxyl groups excluding tert-OH is 1. The van der Waals surface area contributed by atoms with Crippen molar-refractivity contribution in [2.45, 2.75) is 25.2 Å². The van der Waals surface area contributed by atoms with Crippen molar-refractivity contribution >= 4 is 32.7 Å². The van der Waals surface area contributed by atoms with Crippen molar-refractivity contribution in [3.8, 4) is 0 Å². The molecular formula is C18H15BrF3N3O. The van der Waals surface area contributed by atoms with E-state index in [4.69, 9.17) is 0 Å². The molecule has 2 aromatic carbocycles. The Hall–Kier alpha value is -2.19. The summed E-state index contributed by atoms with van der Waals surface area (Å²) in [5, 5.41) is 13.9. The van der Waals surface area contributed by atoms with Gasteiger partial charge in [-0.1, -0.05) is 40.2 Å². The molecule has 0 aliphatic heterocycles. The maximum absolute atomic E-state index is 13.1. The van der Waals surface area contributed by atoms with Crippen LogP contribution in [0.5, 0.6) is 0 Å². The molecule has 0 saturated carbocycles. The lowest BCUT2D eigenvalue weighted by atomic mass is 10.0. The number of rotatable bonds is 4. The van der Waals surface area contributed by atoms with Crippen LogP contribution < -0.4 is 5.32 Å². The van der Waals surface area contributed by atoms with Gasteiger partial charge in [0.15, 0.2) is 0 Å². The Morgan fingerprint density at radius 1 is 1.04 bits per heavy atom. The highest BCUT2D eigenvalue weighted by molar-refractivity contribution is 9.10. The number of halogens is 4. The fraction of sp³-hybridized carbons (Fsp3) is 0.222. The zero-order valence-electron chi connectivity index (χ0n) is 13.6. The van der Waals surface area contributed by atoms with E-state index in [0.717, 1.165) is 4.47 Å². The van der Waals surface area contributed by atoms with Crippen LogP contribution in [0.25, 0.3) is 10.9 Å². The number of para-hydroxylation sites is 1. The number of hydrogen-bond donors (Lipinski definition) is 2. The normalized spacial score (nSPS) is 14.2. The Kier molecular flexibility index (Phi) is 5.15. The van der Waals surface area contributed by atoms with Crippen LogP contribution in [0, 0.1) is 0 Å². The first kappa shape index (κ1) is 18.6. The average Bonchev–Trinajstić information content (AvgIpc) is 2.61. The number of aromatic nitrogens is 2. The molecule has 26 heavy (non-hydrogen) atoms. The molecule has 2 atom stereocenters. The molecule has 0 aliphatic rings. The Morgan fingerprint density at radius 2 is 1.69 bits per heavy atom. The van der Waals surface area contributed by atoms with E-state index >= 15 is 0 Å². The Morgan fingerprint density at radius 3 is 2.35 bits per heavy atom. The van der Waals surface area contributed by atoms with Gasteiger partial charge in [-0.15, -0.1) is 0 Å². The van der Waals surface area contributed by atoms with Crippen molar-refractivity contribution in [1.29, 1.82) is 0 Å². The third-order valence-corrected chi connectivity index (χ3v) is 4.43. The smallest absolute Gasteiger partial charge is 0.386 e. The van der Waals surface area contributed by atoms with E-state index in [1.807, 2.05) is 0 Å². The van der Waals surface area contributed by atoms with Crippen LogP contribution in [-0.4, -0.2) is 21.1 Å². The highest BCUT2D eigenvalue weighted by Crippen LogP contribution is 2.31. The van der Waals surface area contributed by atoms with Crippen LogP contribution in [0.4, 0.5) is 19.0 Å². The Balaban J connectivity index is 1.95. The SMILES string of the molecule is CC(Nc1nc(C(F)(F)F)nc2ccccc12)C(O)c1ccc(Br)cc1. The molecule has 2 unspecified atom stereocenters. The second-order valence-corrected chi connectivity index (χ2v) is 6.76. The number of aliphatic hydroxyl groups is 1. The molecule has 0 bridgehead atoms. The topological polar surface area (TPSA) is 58.0 Å². The first-order valence-electron chi connectivity index (χ1n) is 7.80. The van der Waals surface area contributed by atoms with E-state index in [2.05, 4.69) is 31.2 Å². The van der Waals surface area contributed by atoms with E-state index < -0.39 is 24.1 Å². The lowest BCUT2D eigenvalue weighted by molar-refractivity contribution is -0.144. The van der Waals surface area contributed by atoms with E-state index in [0.29, 0.717) is 10.9 Å². The molecule has 0 spiro atoms. The number of fused-ring (bicyclic) bond motifs is 1. The molecule has 4 nitrogen and oxygen atoms in total. The molecule has 1 heterocycles. The number of nitrogens with one attached hydrogen (secondary N) is 1. The minimum atomic E-state index is -4.66. The van der Waals surface area contributed by atoms with E-state index in [9.17, 15) is 18.3 Å². The summed E-state index contributed by atoms with van der Waals surface area (Å²) >= 11 is 3.32. The zero-order valence-corrected chi connectivity index (χ0v) is 15.2. The maximum atomic E-state index is 13.1. The third-order valence-electron chi connectivity index (χ3n) is 3.91. The van der Waals surface area contributed by atoms with Gasteiger partial charge in [-0.2, -0.15) is 13.2 Å². The van der Waals surface area contributed by atoms with Crippen LogP contribution in [-0.2, 0) is 6.18 Å². The van der Waals surface area contributed by atoms with Gasteiger partial charge >= 0.3 is 6.18 Å². The molecule has 2 N–H and O–H groups in total. The molecule has 136 valence electrons. The minimum Gasteiger partial charge on any atom is -0.386 e. The predicted molar refractivity (Wildman–Crippen MR) is 96.7 cm³/mol. The van der Waals surface area contributed by atoms with Gasteiger partial charge in [0.05, 0.1) is 17.7 Å². The van der Waals surface area contributed by atoms with Crippen LogP contribution in [0.2, 0.25) is 0 Å². The number of nitrogens with zero attached hydrogens (tertiary/aromatic N) is 2. The molecule has 0 fully saturated rings. The molecule has 0 amide bonds. The zero-order chi connectivity index (χ0) is 18.9. The summed E-state index contributed by atoms with van der Waals surface area (Å²) in [4.78, 5) is 7.22. The number of anilines is 1. The fourth-order valence-electron chi connectivity index (χ4n) is 2.56. The summed E-state index contributed by atoms with van der Waals surface area (Å²) < 4.78 is 40.1. The molecule has 0 aliphatic carbocycles. The number of hydrogen-bond acceptors (Lipinski definition) is 4. The van der Waals surface area contributed by atoms with Crippen molar-refractivity contribution in [2.75, 3.05) is 5.32 Å². The van der Waals surface area contributed by atoms with Gasteiger partial charge in [0.25, 0.3) is 0 Å². The molecule has 0 radical (unpaired) electrons. The van der Waals surface area contributed by atoms with Crippen LogP contribution >= 0.6 is 15.9 Å². The highest BCUT2D eigenvalue weighted by atomic mass is 79.9. The number of alkyl halides is 3. The molecular weight excluding hydrogens is 411 g/mol. The summed E-state index contributed by atoms with van der Waals surface area (Å²) in [6.07, 6.45) is -5.58. The second kappa shape index (κ2) is 7.20. The minimum absolute atomic E-state index is 0.0339. The summed E-state index contributed by atoms with van der Waals surface area (Å²) in [7, 11) is 0. The predicted octanol–water partition coefficient (Wildman–Crippen LogP) is 4.95. The molecule has 8 heteroatoms. The van der Waals surface area contributed by atoms with Crippen molar-refractivity contribution in [1.82, 2.24) is 9.97 Å². The summed E-state index contributed by atoms with van der Waals surface area (Å²) in [5.74, 6) is -1.18. The monoisotopic (exact) mass is 425 g/mol. The standard InChI is InChI=1S/C18H15BrF3N3O/c1-10(15(26)11-6-8-12(19)9-7-11)23-16-13-4-2-3-5-14(13)24-17(25-16)18(20,21)22/h2-10,15,26H,1H3,(H,23,24,25). The number of benzene rings is 2. The fourth-order valence-corrected chi connectivity index (χ4v) is 2.82. The summed E-state index contributed by atoms with van der Waals surface area (Å²) in [6, 6.07) is 12.9. The molecule has 0 saturated heterocycles. The van der Waals surface area contributed by atoms with Crippen LogP contribution in [0.1, 0.15) is 24.4 Å². The van der Waals surface area contributed by atoms with Crippen LogP contribution in [0.3, 0.4) is 0 Å². The average molecular weight is 426 g/mol. The van der Waals surface area contributed by atoms with E-state index in [-0.39, 0.29) is 11.3 Å². The van der Waals surface area contributed by atoms with E-state index in [1.165, 1.54) is 6.07 Å². The second-order valence-electron chi connectivity index (χ2n) is 5.84. The summed E-state index contributed by atoms with van der Waals surface area (Å²) in [6.45, 7) is 1.68. The van der Waals surface area contributed by atoms with Crippen molar-refractivity contribution in [2.24, 2.45) is 0 Å². The van der Waals surface area contributed by atoms with Crippen LogP contribution in [0.15, 0.2) is 53.0 Å². The maximum Gasteiger partial charge on any atom is 0.451 e. The van der Waals surface area contributed by atoms with Crippen molar-refractivity contribution in [3.05, 3.63) is 64.4 Å². The molecule has 3 aromatic rings. The largest absolute Gasteiger partial charge is 0.451 e. The van der Waals surface area contributed by atoms with Gasteiger partial charge in [0.1, 0.15) is 5.82 Å². The van der Waals surface area contributed by atoms with Crippen molar-refractivity contribution < 1.29 is 18.3 Å². The lowest BCUT2D eigenvalue weighted by Crippen LogP contribution is -2.25. The quantitative estimate of drug-likeness (QED) is 0.620. The van der Waals surface area contributed by atoms with Gasteiger partial charge in [-0.05, 0) is 36.8 Å². The van der Waals surface area contributed by atoms with Gasteiger partial charge in [0, 0.05) is 9.86 Å². The van der Waals surface area contributed by atoms with Gasteiger partial charge < -0.3 is 10.4 Å². The Bertz CT molecular complexity index is 916. The van der Waals surface area contributed by atoms with Crippen molar-refractivity contribution in [3.63, 3.8) is 0 Å². The lowest BCUT2D eigenvalue weighted by Gasteiger charge is -2.22. The molecule has 3 rings (SSSR count). The van der Waals surface area contributed by atoms with E-state index in [1.54, 1.807) is 49.4 Å². The first-order valence-corrected chi connectivity index (χ1v) is 8.59. The third kappa shape index (κ3) is 3.96. The molecule has 1 aromatic heterocycles. The van der Waals surface area contributed by atoms with Gasteiger partial charge in [-0.3, -0.25) is 0 Å². The first-order chi connectivity index (χ1) is 12.3. The van der Waals surface area contributed by atoms with Gasteiger partial charge in [0.2, 0.25) is 5.82 Å². The summed E-state index contributed by atoms with van der Waals surface area (Å²) in [5.41, 5.74) is 0.824. The van der Waals surface area contributed by atoms with Gasteiger partial charge in [-0.25, -0.2) is 9.97 Å².